The highest BCUT2D eigenvalue weighted by atomic mass is 19.1. The molecule has 1 heterocycles. The zero-order chi connectivity index (χ0) is 10.7. The van der Waals surface area contributed by atoms with Gasteiger partial charge in [0.15, 0.2) is 11.5 Å². The van der Waals surface area contributed by atoms with Gasteiger partial charge in [-0.15, -0.1) is 0 Å². The van der Waals surface area contributed by atoms with Gasteiger partial charge in [0.1, 0.15) is 5.82 Å². The number of ether oxygens (including phenoxy) is 2. The van der Waals surface area contributed by atoms with E-state index in [1.807, 2.05) is 6.07 Å². The lowest BCUT2D eigenvalue weighted by Crippen LogP contribution is -2.00. The molecular weight excluding hydrogens is 197 g/mol. The zero-order valence-electron chi connectivity index (χ0n) is 8.12. The summed E-state index contributed by atoms with van der Waals surface area (Å²) in [7, 11) is 0. The SMILES string of the molecule is N#CCc1c(F)ccc2c1OCCCO2. The molecule has 0 aliphatic carbocycles. The number of halogens is 1. The average Bonchev–Trinajstić information content (AvgIpc) is 2.47. The molecule has 0 radical (unpaired) electrons. The maximum absolute atomic E-state index is 13.4. The van der Waals surface area contributed by atoms with Gasteiger partial charge in [0.05, 0.1) is 25.7 Å². The van der Waals surface area contributed by atoms with Crippen LogP contribution in [0.25, 0.3) is 0 Å². The maximum Gasteiger partial charge on any atom is 0.168 e. The molecule has 1 aromatic carbocycles. The van der Waals surface area contributed by atoms with Gasteiger partial charge in [-0.05, 0) is 12.1 Å². The first kappa shape index (κ1) is 9.78. The molecule has 0 saturated heterocycles. The van der Waals surface area contributed by atoms with E-state index >= 15 is 0 Å². The first-order valence-corrected chi connectivity index (χ1v) is 4.77. The fraction of sp³-hybridized carbons (Fsp3) is 0.364. The molecule has 78 valence electrons. The van der Waals surface area contributed by atoms with Crippen LogP contribution >= 0.6 is 0 Å². The number of nitriles is 1. The Morgan fingerprint density at radius 1 is 1.33 bits per heavy atom. The standard InChI is InChI=1S/C11H10FNO2/c12-9-2-3-10-11(8(9)4-5-13)15-7-1-6-14-10/h2-3H,1,4,6-7H2. The third-order valence-corrected chi connectivity index (χ3v) is 2.22. The molecule has 0 bridgehead atoms. The molecular formula is C11H10FNO2. The van der Waals surface area contributed by atoms with Crippen molar-refractivity contribution in [2.75, 3.05) is 13.2 Å². The molecule has 1 aliphatic heterocycles. The van der Waals surface area contributed by atoms with Crippen molar-refractivity contribution in [3.63, 3.8) is 0 Å². The second-order valence-corrected chi connectivity index (χ2v) is 3.24. The topological polar surface area (TPSA) is 42.2 Å². The molecule has 0 atom stereocenters. The van der Waals surface area contributed by atoms with Crippen molar-refractivity contribution in [3.05, 3.63) is 23.5 Å². The maximum atomic E-state index is 13.4. The molecule has 2 rings (SSSR count). The fourth-order valence-corrected chi connectivity index (χ4v) is 1.51. The van der Waals surface area contributed by atoms with E-state index in [0.29, 0.717) is 24.7 Å². The van der Waals surface area contributed by atoms with E-state index in [1.54, 1.807) is 0 Å². The molecule has 4 heteroatoms. The van der Waals surface area contributed by atoms with Gasteiger partial charge in [-0.3, -0.25) is 0 Å². The summed E-state index contributed by atoms with van der Waals surface area (Å²) in [6, 6.07) is 4.76. The minimum Gasteiger partial charge on any atom is -0.490 e. The highest BCUT2D eigenvalue weighted by Crippen LogP contribution is 2.35. The van der Waals surface area contributed by atoms with E-state index in [-0.39, 0.29) is 12.0 Å². The summed E-state index contributed by atoms with van der Waals surface area (Å²) in [6.45, 7) is 1.06. The van der Waals surface area contributed by atoms with Crippen LogP contribution in [-0.2, 0) is 6.42 Å². The predicted molar refractivity (Wildman–Crippen MR) is 51.3 cm³/mol. The molecule has 0 N–H and O–H groups in total. The van der Waals surface area contributed by atoms with Gasteiger partial charge < -0.3 is 9.47 Å². The van der Waals surface area contributed by atoms with Crippen molar-refractivity contribution in [2.45, 2.75) is 12.8 Å². The second kappa shape index (κ2) is 4.18. The van der Waals surface area contributed by atoms with Crippen molar-refractivity contribution in [1.82, 2.24) is 0 Å². The van der Waals surface area contributed by atoms with E-state index in [1.165, 1.54) is 12.1 Å². The van der Waals surface area contributed by atoms with E-state index in [4.69, 9.17) is 14.7 Å². The molecule has 0 aromatic heterocycles. The highest BCUT2D eigenvalue weighted by Gasteiger charge is 2.17. The van der Waals surface area contributed by atoms with Crippen LogP contribution in [0.3, 0.4) is 0 Å². The van der Waals surface area contributed by atoms with Crippen molar-refractivity contribution >= 4 is 0 Å². The predicted octanol–water partition coefficient (Wildman–Crippen LogP) is 2.05. The van der Waals surface area contributed by atoms with Gasteiger partial charge in [0, 0.05) is 12.0 Å². The lowest BCUT2D eigenvalue weighted by Gasteiger charge is -2.11. The van der Waals surface area contributed by atoms with Crippen LogP contribution in [0, 0.1) is 17.1 Å². The molecule has 0 fully saturated rings. The monoisotopic (exact) mass is 207 g/mol. The summed E-state index contributed by atoms with van der Waals surface area (Å²) in [5.74, 6) is 0.494. The second-order valence-electron chi connectivity index (χ2n) is 3.24. The van der Waals surface area contributed by atoms with Crippen molar-refractivity contribution in [2.24, 2.45) is 0 Å². The summed E-state index contributed by atoms with van der Waals surface area (Å²) in [5.41, 5.74) is 0.289. The lowest BCUT2D eigenvalue weighted by molar-refractivity contribution is 0.296. The molecule has 0 unspecified atom stereocenters. The largest absolute Gasteiger partial charge is 0.490 e. The van der Waals surface area contributed by atoms with Gasteiger partial charge in [-0.2, -0.15) is 5.26 Å². The van der Waals surface area contributed by atoms with E-state index in [0.717, 1.165) is 6.42 Å². The molecule has 0 amide bonds. The highest BCUT2D eigenvalue weighted by molar-refractivity contribution is 5.48. The van der Waals surface area contributed by atoms with Crippen molar-refractivity contribution in [3.8, 4) is 17.6 Å². The van der Waals surface area contributed by atoms with Crippen LogP contribution in [0.2, 0.25) is 0 Å². The van der Waals surface area contributed by atoms with E-state index < -0.39 is 5.82 Å². The first-order valence-electron chi connectivity index (χ1n) is 4.77. The summed E-state index contributed by atoms with van der Waals surface area (Å²) in [4.78, 5) is 0. The third-order valence-electron chi connectivity index (χ3n) is 2.22. The number of hydrogen-bond acceptors (Lipinski definition) is 3. The van der Waals surface area contributed by atoms with Gasteiger partial charge in [-0.25, -0.2) is 4.39 Å². The van der Waals surface area contributed by atoms with Gasteiger partial charge in [0.25, 0.3) is 0 Å². The normalized spacial score (nSPS) is 14.1. The van der Waals surface area contributed by atoms with Crippen LogP contribution in [0.1, 0.15) is 12.0 Å². The molecule has 3 nitrogen and oxygen atoms in total. The third kappa shape index (κ3) is 1.86. The summed E-state index contributed by atoms with van der Waals surface area (Å²) in [6.07, 6.45) is 0.765. The van der Waals surface area contributed by atoms with Gasteiger partial charge >= 0.3 is 0 Å². The van der Waals surface area contributed by atoms with E-state index in [2.05, 4.69) is 0 Å². The Balaban J connectivity index is 2.47. The summed E-state index contributed by atoms with van der Waals surface area (Å²) < 4.78 is 24.2. The van der Waals surface area contributed by atoms with Crippen LogP contribution in [-0.4, -0.2) is 13.2 Å². The van der Waals surface area contributed by atoms with E-state index in [9.17, 15) is 4.39 Å². The van der Waals surface area contributed by atoms with Crippen LogP contribution in [0.15, 0.2) is 12.1 Å². The number of benzene rings is 1. The Kier molecular flexibility index (Phi) is 2.72. The number of nitrogens with zero attached hydrogens (tertiary/aromatic N) is 1. The Labute approximate surface area is 87.0 Å². The summed E-state index contributed by atoms with van der Waals surface area (Å²) in [5, 5.41) is 8.60. The first-order chi connectivity index (χ1) is 7.33. The lowest BCUT2D eigenvalue weighted by atomic mass is 10.1. The molecule has 1 aliphatic rings. The number of rotatable bonds is 1. The van der Waals surface area contributed by atoms with Crippen LogP contribution < -0.4 is 9.47 Å². The Morgan fingerprint density at radius 2 is 2.13 bits per heavy atom. The Bertz CT molecular complexity index is 412. The zero-order valence-corrected chi connectivity index (χ0v) is 8.12. The number of fused-ring (bicyclic) bond motifs is 1. The molecule has 1 aromatic rings. The minimum atomic E-state index is -0.416. The minimum absolute atomic E-state index is 0.00162. The van der Waals surface area contributed by atoms with Crippen LogP contribution in [0.4, 0.5) is 4.39 Å². The van der Waals surface area contributed by atoms with Crippen LogP contribution in [0.5, 0.6) is 11.5 Å². The van der Waals surface area contributed by atoms with Crippen molar-refractivity contribution in [1.29, 1.82) is 5.26 Å². The molecule has 15 heavy (non-hydrogen) atoms. The summed E-state index contributed by atoms with van der Waals surface area (Å²) >= 11 is 0. The fourth-order valence-electron chi connectivity index (χ4n) is 1.51. The number of hydrogen-bond donors (Lipinski definition) is 0. The van der Waals surface area contributed by atoms with Gasteiger partial charge in [-0.1, -0.05) is 0 Å². The molecule has 0 spiro atoms. The van der Waals surface area contributed by atoms with Gasteiger partial charge in [0.2, 0.25) is 0 Å². The Hall–Kier alpha value is -1.76. The van der Waals surface area contributed by atoms with Crippen molar-refractivity contribution < 1.29 is 13.9 Å². The molecule has 0 saturated carbocycles. The quantitative estimate of drug-likeness (QED) is 0.707. The Morgan fingerprint density at radius 3 is 2.93 bits per heavy atom. The smallest absolute Gasteiger partial charge is 0.168 e. The average molecular weight is 207 g/mol.